The average Bonchev–Trinajstić information content (AvgIpc) is 3.03. The number of pyridine rings is 1. The molecule has 148 valence electrons. The van der Waals surface area contributed by atoms with Crippen LogP contribution in [0.2, 0.25) is 0 Å². The molecule has 0 unspecified atom stereocenters. The van der Waals surface area contributed by atoms with Crippen molar-refractivity contribution in [2.75, 3.05) is 49.8 Å². The first-order chi connectivity index (χ1) is 12.8. The summed E-state index contributed by atoms with van der Waals surface area (Å²) < 4.78 is 7.92. The summed E-state index contributed by atoms with van der Waals surface area (Å²) in [5, 5.41) is 0. The van der Waals surface area contributed by atoms with Crippen molar-refractivity contribution in [3.63, 3.8) is 0 Å². The molecule has 2 aromatic heterocycles. The highest BCUT2D eigenvalue weighted by molar-refractivity contribution is 5.76. The molecule has 0 bridgehead atoms. The molecule has 0 N–H and O–H groups in total. The maximum atomic E-state index is 11.3. The summed E-state index contributed by atoms with van der Waals surface area (Å²) in [4.78, 5) is 22.3. The molecule has 1 amide bonds. The van der Waals surface area contributed by atoms with Gasteiger partial charge in [-0.1, -0.05) is 6.92 Å². The average molecular weight is 374 g/mol. The van der Waals surface area contributed by atoms with Gasteiger partial charge in [0.05, 0.1) is 23.7 Å². The number of piperazine rings is 1. The summed E-state index contributed by atoms with van der Waals surface area (Å²) in [6.45, 7) is 12.8. The summed E-state index contributed by atoms with van der Waals surface area (Å²) in [7, 11) is 1.77. The van der Waals surface area contributed by atoms with Crippen molar-refractivity contribution in [2.24, 2.45) is 0 Å². The van der Waals surface area contributed by atoms with Crippen LogP contribution >= 0.6 is 0 Å². The third-order valence-corrected chi connectivity index (χ3v) is 4.89. The number of aromatic nitrogens is 2. The van der Waals surface area contributed by atoms with Gasteiger partial charge in [-0.15, -0.1) is 0 Å². The van der Waals surface area contributed by atoms with E-state index in [0.717, 1.165) is 61.9 Å². The molecule has 7 heteroatoms. The molecule has 0 aromatic carbocycles. The van der Waals surface area contributed by atoms with Crippen LogP contribution in [0.3, 0.4) is 0 Å². The van der Waals surface area contributed by atoms with Crippen LogP contribution in [0, 0.1) is 0 Å². The lowest BCUT2D eigenvalue weighted by atomic mass is 10.2. The van der Waals surface area contributed by atoms with Crippen LogP contribution in [-0.4, -0.2) is 66.3 Å². The van der Waals surface area contributed by atoms with E-state index in [9.17, 15) is 4.79 Å². The Hall–Kier alpha value is -2.12. The van der Waals surface area contributed by atoms with Gasteiger partial charge in [0.1, 0.15) is 11.5 Å². The van der Waals surface area contributed by atoms with Gasteiger partial charge in [-0.05, 0) is 39.3 Å². The molecule has 1 saturated heterocycles. The van der Waals surface area contributed by atoms with Crippen LogP contribution in [0.5, 0.6) is 0 Å². The molecule has 1 fully saturated rings. The van der Waals surface area contributed by atoms with Crippen LogP contribution < -0.4 is 9.80 Å². The zero-order valence-corrected chi connectivity index (χ0v) is 17.1. The Kier molecular flexibility index (Phi) is 5.72. The summed E-state index contributed by atoms with van der Waals surface area (Å²) in [5.74, 6) is 0.849. The molecule has 2 aromatic rings. The van der Waals surface area contributed by atoms with Gasteiger partial charge in [0, 0.05) is 39.4 Å². The van der Waals surface area contributed by atoms with Crippen LogP contribution in [0.15, 0.2) is 18.3 Å². The van der Waals surface area contributed by atoms with Crippen molar-refractivity contribution in [2.45, 2.75) is 39.7 Å². The van der Waals surface area contributed by atoms with E-state index in [4.69, 9.17) is 4.74 Å². The van der Waals surface area contributed by atoms with Gasteiger partial charge in [0.25, 0.3) is 0 Å². The van der Waals surface area contributed by atoms with Gasteiger partial charge in [0.2, 0.25) is 6.41 Å². The lowest BCUT2D eigenvalue weighted by Gasteiger charge is -2.37. The third-order valence-electron chi connectivity index (χ3n) is 4.89. The number of imidazole rings is 1. The summed E-state index contributed by atoms with van der Waals surface area (Å²) in [5.41, 5.74) is 2.85. The first kappa shape index (κ1) is 19.6. The van der Waals surface area contributed by atoms with Crippen molar-refractivity contribution in [1.82, 2.24) is 14.3 Å². The number of carbonyl (C=O) groups excluding carboxylic acids is 1. The van der Waals surface area contributed by atoms with E-state index < -0.39 is 0 Å². The highest BCUT2D eigenvalue weighted by atomic mass is 16.5. The molecule has 3 rings (SSSR count). The number of ether oxygens (including phenoxy) is 1. The Morgan fingerprint density at radius 3 is 2.52 bits per heavy atom. The fourth-order valence-corrected chi connectivity index (χ4v) is 3.34. The second-order valence-electron chi connectivity index (χ2n) is 8.06. The number of fused-ring (bicyclic) bond motifs is 1. The zero-order chi connectivity index (χ0) is 19.6. The van der Waals surface area contributed by atoms with Gasteiger partial charge in [-0.2, -0.15) is 0 Å². The maximum Gasteiger partial charge on any atom is 0.215 e. The van der Waals surface area contributed by atoms with Crippen molar-refractivity contribution in [1.29, 1.82) is 0 Å². The second kappa shape index (κ2) is 7.86. The first-order valence-electron chi connectivity index (χ1n) is 9.62. The predicted molar refractivity (Wildman–Crippen MR) is 109 cm³/mol. The fraction of sp³-hybridized carbons (Fsp3) is 0.600. The standard InChI is InChI=1S/C20H31N5O2/c1-6-17-19(22(5)14-26)25-13-16(7-8-18(25)21-17)24-11-9-23(10-12-24)15-27-20(2,3)4/h7-8,13-14H,6,9-12,15H2,1-5H3. The van der Waals surface area contributed by atoms with Crippen molar-refractivity contribution < 1.29 is 9.53 Å². The smallest absolute Gasteiger partial charge is 0.215 e. The molecular weight excluding hydrogens is 342 g/mol. The minimum Gasteiger partial charge on any atom is -0.368 e. The Bertz CT molecular complexity index is 788. The van der Waals surface area contributed by atoms with Gasteiger partial charge >= 0.3 is 0 Å². The third kappa shape index (κ3) is 4.42. The van der Waals surface area contributed by atoms with Crippen LogP contribution in [0.25, 0.3) is 5.65 Å². The van der Waals surface area contributed by atoms with Gasteiger partial charge in [-0.3, -0.25) is 14.1 Å². The highest BCUT2D eigenvalue weighted by Crippen LogP contribution is 2.25. The van der Waals surface area contributed by atoms with Crippen LogP contribution in [-0.2, 0) is 16.0 Å². The number of amides is 1. The lowest BCUT2D eigenvalue weighted by molar-refractivity contribution is -0.107. The summed E-state index contributed by atoms with van der Waals surface area (Å²) in [6.07, 6.45) is 3.72. The number of hydrogen-bond acceptors (Lipinski definition) is 5. The van der Waals surface area contributed by atoms with E-state index in [1.165, 1.54) is 0 Å². The maximum absolute atomic E-state index is 11.3. The molecule has 0 aliphatic carbocycles. The van der Waals surface area contributed by atoms with Crippen molar-refractivity contribution in [3.8, 4) is 0 Å². The molecule has 3 heterocycles. The Morgan fingerprint density at radius 1 is 1.22 bits per heavy atom. The van der Waals surface area contributed by atoms with Crippen molar-refractivity contribution >= 4 is 23.6 Å². The summed E-state index contributed by atoms with van der Waals surface area (Å²) in [6, 6.07) is 4.15. The van der Waals surface area contributed by atoms with E-state index in [0.29, 0.717) is 6.73 Å². The molecular formula is C20H31N5O2. The number of carbonyl (C=O) groups is 1. The molecule has 27 heavy (non-hydrogen) atoms. The van der Waals surface area contributed by atoms with Gasteiger partial charge < -0.3 is 14.5 Å². The summed E-state index contributed by atoms with van der Waals surface area (Å²) >= 11 is 0. The quantitative estimate of drug-likeness (QED) is 0.728. The Morgan fingerprint density at radius 2 is 1.93 bits per heavy atom. The minimum atomic E-state index is -0.110. The Balaban J connectivity index is 1.75. The number of rotatable bonds is 6. The van der Waals surface area contributed by atoms with E-state index in [-0.39, 0.29) is 5.60 Å². The predicted octanol–water partition coefficient (Wildman–Crippen LogP) is 2.38. The number of hydrogen-bond donors (Lipinski definition) is 0. The van der Waals surface area contributed by atoms with E-state index in [2.05, 4.69) is 54.7 Å². The first-order valence-corrected chi connectivity index (χ1v) is 9.62. The monoisotopic (exact) mass is 373 g/mol. The second-order valence-corrected chi connectivity index (χ2v) is 8.06. The minimum absolute atomic E-state index is 0.110. The molecule has 0 atom stereocenters. The molecule has 1 aliphatic rings. The van der Waals surface area contributed by atoms with Crippen LogP contribution in [0.4, 0.5) is 11.5 Å². The van der Waals surface area contributed by atoms with Gasteiger partial charge in [0.15, 0.2) is 0 Å². The highest BCUT2D eigenvalue weighted by Gasteiger charge is 2.21. The van der Waals surface area contributed by atoms with Gasteiger partial charge in [-0.25, -0.2) is 4.98 Å². The molecule has 0 radical (unpaired) electrons. The van der Waals surface area contributed by atoms with Crippen molar-refractivity contribution in [3.05, 3.63) is 24.0 Å². The van der Waals surface area contributed by atoms with E-state index in [1.54, 1.807) is 11.9 Å². The molecule has 7 nitrogen and oxygen atoms in total. The SMILES string of the molecule is CCc1nc2ccc(N3CCN(COC(C)(C)C)CC3)cn2c1N(C)C=O. The van der Waals surface area contributed by atoms with E-state index in [1.807, 2.05) is 10.5 Å². The Labute approximate surface area is 161 Å². The molecule has 0 spiro atoms. The molecule has 1 aliphatic heterocycles. The topological polar surface area (TPSA) is 53.3 Å². The zero-order valence-electron chi connectivity index (χ0n) is 17.1. The normalized spacial score (nSPS) is 16.1. The lowest BCUT2D eigenvalue weighted by Crippen LogP contribution is -2.48. The number of nitrogens with zero attached hydrogens (tertiary/aromatic N) is 5. The largest absolute Gasteiger partial charge is 0.368 e. The fourth-order valence-electron chi connectivity index (χ4n) is 3.34. The number of aryl methyl sites for hydroxylation is 1. The van der Waals surface area contributed by atoms with Crippen LogP contribution in [0.1, 0.15) is 33.4 Å². The number of anilines is 2. The molecule has 0 saturated carbocycles. The van der Waals surface area contributed by atoms with E-state index >= 15 is 0 Å².